The van der Waals surface area contributed by atoms with Gasteiger partial charge in [0.2, 0.25) is 0 Å². The van der Waals surface area contributed by atoms with Crippen LogP contribution in [0, 0.1) is 5.92 Å². The highest BCUT2D eigenvalue weighted by Gasteiger charge is 2.16. The number of rotatable bonds is 6. The lowest BCUT2D eigenvalue weighted by atomic mass is 9.85. The van der Waals surface area contributed by atoms with Crippen molar-refractivity contribution in [3.8, 4) is 0 Å². The molecule has 1 saturated carbocycles. The Morgan fingerprint density at radius 3 is 2.95 bits per heavy atom. The van der Waals surface area contributed by atoms with E-state index in [1.807, 2.05) is 6.20 Å². The average Bonchev–Trinajstić information content (AvgIpc) is 3.10. The van der Waals surface area contributed by atoms with Gasteiger partial charge in [0.1, 0.15) is 5.65 Å². The molecule has 3 heterocycles. The number of nitrogens with one attached hydrogen (secondary N) is 1. The number of pyridine rings is 1. The molecule has 0 unspecified atom stereocenters. The minimum Gasteiger partial charge on any atom is -0.312 e. The van der Waals surface area contributed by atoms with Gasteiger partial charge in [-0.15, -0.1) is 5.10 Å². The molecule has 1 N–H and O–H groups in total. The van der Waals surface area contributed by atoms with Crippen molar-refractivity contribution in [3.05, 3.63) is 48.2 Å². The van der Waals surface area contributed by atoms with Gasteiger partial charge in [-0.05, 0) is 36.9 Å². The van der Waals surface area contributed by atoms with Gasteiger partial charge < -0.3 is 9.72 Å². The molecule has 0 amide bonds. The van der Waals surface area contributed by atoms with Crippen molar-refractivity contribution in [1.82, 2.24) is 29.7 Å². The summed E-state index contributed by atoms with van der Waals surface area (Å²) in [6.07, 6.45) is 11.9. The fourth-order valence-corrected chi connectivity index (χ4v) is 2.87. The van der Waals surface area contributed by atoms with Crippen molar-refractivity contribution in [2.24, 2.45) is 5.92 Å². The highest BCUT2D eigenvalue weighted by Crippen LogP contribution is 2.25. The van der Waals surface area contributed by atoms with Crippen LogP contribution < -0.4 is 5.32 Å². The Bertz CT molecular complexity index is 741. The summed E-state index contributed by atoms with van der Waals surface area (Å²) in [4.78, 5) is 4.61. The minimum atomic E-state index is 0.650. The van der Waals surface area contributed by atoms with Crippen molar-refractivity contribution >= 4 is 5.65 Å². The van der Waals surface area contributed by atoms with E-state index in [0.29, 0.717) is 6.54 Å². The molecule has 1 fully saturated rings. The highest BCUT2D eigenvalue weighted by atomic mass is 15.4. The molecule has 6 nitrogen and oxygen atoms in total. The summed E-state index contributed by atoms with van der Waals surface area (Å²) in [6.45, 7) is 2.71. The quantitative estimate of drug-likeness (QED) is 0.754. The van der Waals surface area contributed by atoms with Gasteiger partial charge in [0.15, 0.2) is 0 Å². The van der Waals surface area contributed by atoms with Crippen molar-refractivity contribution in [2.75, 3.05) is 6.54 Å². The lowest BCUT2D eigenvalue weighted by Crippen LogP contribution is -2.26. The van der Waals surface area contributed by atoms with E-state index in [2.05, 4.69) is 49.5 Å². The normalized spacial score (nSPS) is 15.3. The molecule has 22 heavy (non-hydrogen) atoms. The van der Waals surface area contributed by atoms with Gasteiger partial charge in [-0.3, -0.25) is 0 Å². The van der Waals surface area contributed by atoms with Crippen molar-refractivity contribution in [3.63, 3.8) is 0 Å². The Morgan fingerprint density at radius 1 is 1.23 bits per heavy atom. The first-order valence-electron chi connectivity index (χ1n) is 7.88. The van der Waals surface area contributed by atoms with Crippen LogP contribution in [0.1, 0.15) is 30.5 Å². The molecule has 114 valence electrons. The molecule has 1 aliphatic rings. The van der Waals surface area contributed by atoms with E-state index in [1.165, 1.54) is 24.8 Å². The minimum absolute atomic E-state index is 0.650. The second kappa shape index (κ2) is 5.88. The van der Waals surface area contributed by atoms with E-state index in [9.17, 15) is 0 Å². The molecule has 0 atom stereocenters. The first-order chi connectivity index (χ1) is 10.9. The van der Waals surface area contributed by atoms with Crippen LogP contribution >= 0.6 is 0 Å². The molecule has 6 heteroatoms. The topological polar surface area (TPSA) is 60.0 Å². The molecular formula is C16H20N6. The van der Waals surface area contributed by atoms with Crippen LogP contribution in [0.25, 0.3) is 5.65 Å². The number of fused-ring (bicyclic) bond motifs is 1. The maximum atomic E-state index is 4.61. The highest BCUT2D eigenvalue weighted by molar-refractivity contribution is 5.41. The third-order valence-electron chi connectivity index (χ3n) is 4.35. The van der Waals surface area contributed by atoms with E-state index in [1.54, 1.807) is 10.9 Å². The lowest BCUT2D eigenvalue weighted by Gasteiger charge is -2.25. The van der Waals surface area contributed by atoms with E-state index in [0.717, 1.165) is 30.3 Å². The third kappa shape index (κ3) is 2.87. The van der Waals surface area contributed by atoms with Crippen LogP contribution in [0.4, 0.5) is 0 Å². The monoisotopic (exact) mass is 296 g/mol. The van der Waals surface area contributed by atoms with Crippen LogP contribution in [-0.4, -0.2) is 30.9 Å². The number of hydrogen-bond donors (Lipinski definition) is 1. The summed E-state index contributed by atoms with van der Waals surface area (Å²) >= 11 is 0. The molecule has 0 bridgehead atoms. The zero-order valence-electron chi connectivity index (χ0n) is 12.5. The van der Waals surface area contributed by atoms with Crippen LogP contribution in [0.3, 0.4) is 0 Å². The van der Waals surface area contributed by atoms with Gasteiger partial charge in [-0.2, -0.15) is 0 Å². The smallest absolute Gasteiger partial charge is 0.137 e. The third-order valence-corrected chi connectivity index (χ3v) is 4.35. The molecule has 3 aromatic rings. The number of imidazole rings is 1. The van der Waals surface area contributed by atoms with Crippen molar-refractivity contribution in [1.29, 1.82) is 0 Å². The van der Waals surface area contributed by atoms with Crippen LogP contribution in [-0.2, 0) is 13.1 Å². The Kier molecular flexibility index (Phi) is 3.60. The Balaban J connectivity index is 1.43. The fourth-order valence-electron chi connectivity index (χ4n) is 2.87. The van der Waals surface area contributed by atoms with E-state index in [-0.39, 0.29) is 0 Å². The number of aromatic nitrogens is 5. The number of hydrogen-bond acceptors (Lipinski definition) is 4. The maximum absolute atomic E-state index is 4.61. The molecule has 0 aromatic carbocycles. The van der Waals surface area contributed by atoms with Gasteiger partial charge in [-0.1, -0.05) is 17.7 Å². The summed E-state index contributed by atoms with van der Waals surface area (Å²) in [7, 11) is 0. The number of nitrogens with zero attached hydrogens (tertiary/aromatic N) is 5. The SMILES string of the molecule is c1cn(Cc2cn3cc(CNCC4CCC4)ccc3n2)nn1. The maximum Gasteiger partial charge on any atom is 0.137 e. The predicted molar refractivity (Wildman–Crippen MR) is 83.4 cm³/mol. The first kappa shape index (κ1) is 13.5. The molecule has 1 aliphatic carbocycles. The Hall–Kier alpha value is -2.21. The summed E-state index contributed by atoms with van der Waals surface area (Å²) in [6, 6.07) is 4.22. The molecule has 3 aromatic heterocycles. The van der Waals surface area contributed by atoms with Crippen LogP contribution in [0.5, 0.6) is 0 Å². The Labute approximate surface area is 129 Å². The fraction of sp³-hybridized carbons (Fsp3) is 0.438. The summed E-state index contributed by atoms with van der Waals surface area (Å²) in [5.41, 5.74) is 3.25. The summed E-state index contributed by atoms with van der Waals surface area (Å²) in [5, 5.41) is 11.3. The average molecular weight is 296 g/mol. The lowest BCUT2D eigenvalue weighted by molar-refractivity contribution is 0.301. The van der Waals surface area contributed by atoms with Crippen LogP contribution in [0.15, 0.2) is 36.9 Å². The first-order valence-corrected chi connectivity index (χ1v) is 7.88. The van der Waals surface area contributed by atoms with Gasteiger partial charge in [0, 0.05) is 25.1 Å². The largest absolute Gasteiger partial charge is 0.312 e. The van der Waals surface area contributed by atoms with E-state index in [4.69, 9.17) is 0 Å². The molecule has 0 saturated heterocycles. The summed E-state index contributed by atoms with van der Waals surface area (Å²) in [5.74, 6) is 0.895. The predicted octanol–water partition coefficient (Wildman–Crippen LogP) is 1.86. The second-order valence-electron chi connectivity index (χ2n) is 6.06. The summed E-state index contributed by atoms with van der Waals surface area (Å²) < 4.78 is 3.87. The zero-order valence-corrected chi connectivity index (χ0v) is 12.5. The zero-order chi connectivity index (χ0) is 14.8. The molecule has 0 radical (unpaired) electrons. The molecule has 0 aliphatic heterocycles. The van der Waals surface area contributed by atoms with Crippen molar-refractivity contribution in [2.45, 2.75) is 32.4 Å². The molecular weight excluding hydrogens is 276 g/mol. The Morgan fingerprint density at radius 2 is 2.18 bits per heavy atom. The van der Waals surface area contributed by atoms with E-state index < -0.39 is 0 Å². The van der Waals surface area contributed by atoms with Gasteiger partial charge >= 0.3 is 0 Å². The molecule has 0 spiro atoms. The standard InChI is InChI=1S/C16H20N6/c1-2-13(3-1)8-17-9-14-4-5-16-19-15(11-21(16)10-14)12-22-7-6-18-20-22/h4-7,10-11,13,17H,1-3,8-9,12H2. The van der Waals surface area contributed by atoms with Crippen molar-refractivity contribution < 1.29 is 0 Å². The van der Waals surface area contributed by atoms with Gasteiger partial charge in [0.25, 0.3) is 0 Å². The van der Waals surface area contributed by atoms with E-state index >= 15 is 0 Å². The van der Waals surface area contributed by atoms with Crippen LogP contribution in [0.2, 0.25) is 0 Å². The second-order valence-corrected chi connectivity index (χ2v) is 6.06. The van der Waals surface area contributed by atoms with Gasteiger partial charge in [-0.25, -0.2) is 9.67 Å². The van der Waals surface area contributed by atoms with Gasteiger partial charge in [0.05, 0.1) is 18.4 Å². The molecule has 4 rings (SSSR count).